The first-order valence-corrected chi connectivity index (χ1v) is 8.92. The smallest absolute Gasteiger partial charge is 0.337 e. The summed E-state index contributed by atoms with van der Waals surface area (Å²) < 4.78 is 15.6. The maximum atomic E-state index is 13.0. The molecule has 0 aliphatic carbocycles. The van der Waals surface area contributed by atoms with Crippen LogP contribution >= 0.6 is 0 Å². The number of anilines is 2. The van der Waals surface area contributed by atoms with Crippen LogP contribution in [0.25, 0.3) is 0 Å². The summed E-state index contributed by atoms with van der Waals surface area (Å²) in [5.41, 5.74) is 0.364. The molecule has 2 amide bonds. The lowest BCUT2D eigenvalue weighted by atomic mass is 9.96. The molecule has 0 radical (unpaired) electrons. The van der Waals surface area contributed by atoms with E-state index >= 15 is 0 Å². The summed E-state index contributed by atoms with van der Waals surface area (Å²) in [6.07, 6.45) is 0. The third-order valence-electron chi connectivity index (χ3n) is 4.69. The molecule has 0 saturated heterocycles. The summed E-state index contributed by atoms with van der Waals surface area (Å²) in [5.74, 6) is -0.609. The van der Waals surface area contributed by atoms with Gasteiger partial charge in [-0.15, -0.1) is 0 Å². The van der Waals surface area contributed by atoms with Crippen LogP contribution in [-0.2, 0) is 14.3 Å². The summed E-state index contributed by atoms with van der Waals surface area (Å²) in [5, 5.41) is 2.81. The van der Waals surface area contributed by atoms with Gasteiger partial charge in [0.05, 0.1) is 31.2 Å². The number of carbonyl (C=O) groups is 3. The molecule has 152 valence electrons. The van der Waals surface area contributed by atoms with Gasteiger partial charge >= 0.3 is 5.97 Å². The molecular formula is C21H22N2O6. The molecule has 0 bridgehead atoms. The van der Waals surface area contributed by atoms with Crippen molar-refractivity contribution in [1.82, 2.24) is 0 Å². The predicted molar refractivity (Wildman–Crippen MR) is 106 cm³/mol. The Kier molecular flexibility index (Phi) is 5.45. The lowest BCUT2D eigenvalue weighted by Gasteiger charge is -2.41. The van der Waals surface area contributed by atoms with E-state index < -0.39 is 17.4 Å². The molecule has 0 atom stereocenters. The number of nitrogens with one attached hydrogen (secondary N) is 1. The number of hydrogen-bond donors (Lipinski definition) is 1. The van der Waals surface area contributed by atoms with Gasteiger partial charge in [0, 0.05) is 0 Å². The summed E-state index contributed by atoms with van der Waals surface area (Å²) in [7, 11) is 2.71. The minimum Gasteiger partial charge on any atom is -0.493 e. The molecule has 0 unspecified atom stereocenters. The average Bonchev–Trinajstić information content (AvgIpc) is 2.72. The number of hydrogen-bond acceptors (Lipinski definition) is 6. The molecule has 0 fully saturated rings. The maximum absolute atomic E-state index is 13.0. The number of para-hydroxylation sites is 2. The van der Waals surface area contributed by atoms with E-state index in [1.165, 1.54) is 37.3 Å². The van der Waals surface area contributed by atoms with Crippen LogP contribution in [-0.4, -0.2) is 44.1 Å². The van der Waals surface area contributed by atoms with Gasteiger partial charge in [0.2, 0.25) is 5.91 Å². The highest BCUT2D eigenvalue weighted by atomic mass is 16.5. The number of nitrogens with zero attached hydrogens (tertiary/aromatic N) is 1. The number of ether oxygens (including phenoxy) is 3. The van der Waals surface area contributed by atoms with E-state index in [9.17, 15) is 14.4 Å². The minimum absolute atomic E-state index is 0.287. The Balaban J connectivity index is 1.84. The fourth-order valence-corrected chi connectivity index (χ4v) is 3.13. The highest BCUT2D eigenvalue weighted by Crippen LogP contribution is 2.37. The third-order valence-corrected chi connectivity index (χ3v) is 4.69. The highest BCUT2D eigenvalue weighted by Gasteiger charge is 2.43. The Hall–Kier alpha value is -3.55. The number of benzene rings is 2. The van der Waals surface area contributed by atoms with Crippen LogP contribution in [0.2, 0.25) is 0 Å². The quantitative estimate of drug-likeness (QED) is 0.778. The Labute approximate surface area is 168 Å². The van der Waals surface area contributed by atoms with Gasteiger partial charge in [-0.1, -0.05) is 12.1 Å². The van der Waals surface area contributed by atoms with E-state index in [4.69, 9.17) is 9.47 Å². The first-order chi connectivity index (χ1) is 13.8. The fourth-order valence-electron chi connectivity index (χ4n) is 3.13. The molecule has 0 spiro atoms. The average molecular weight is 398 g/mol. The van der Waals surface area contributed by atoms with E-state index in [0.717, 1.165) is 0 Å². The highest BCUT2D eigenvalue weighted by molar-refractivity contribution is 6.14. The van der Waals surface area contributed by atoms with Crippen LogP contribution in [0.4, 0.5) is 11.4 Å². The summed E-state index contributed by atoms with van der Waals surface area (Å²) >= 11 is 0. The molecule has 0 aromatic heterocycles. The van der Waals surface area contributed by atoms with E-state index in [-0.39, 0.29) is 18.3 Å². The second kappa shape index (κ2) is 7.83. The first kappa shape index (κ1) is 20.2. The first-order valence-electron chi connectivity index (χ1n) is 8.92. The lowest BCUT2D eigenvalue weighted by molar-refractivity contribution is -0.127. The molecule has 0 saturated carbocycles. The van der Waals surface area contributed by atoms with E-state index in [0.29, 0.717) is 22.7 Å². The second-order valence-corrected chi connectivity index (χ2v) is 6.91. The third kappa shape index (κ3) is 3.73. The topological polar surface area (TPSA) is 94.2 Å². The van der Waals surface area contributed by atoms with Crippen molar-refractivity contribution in [2.24, 2.45) is 0 Å². The number of fused-ring (bicyclic) bond motifs is 1. The summed E-state index contributed by atoms with van der Waals surface area (Å²) in [4.78, 5) is 38.6. The van der Waals surface area contributed by atoms with E-state index in [2.05, 4.69) is 10.1 Å². The van der Waals surface area contributed by atoms with Gasteiger partial charge in [-0.05, 0) is 44.2 Å². The van der Waals surface area contributed by atoms with Gasteiger partial charge in [0.25, 0.3) is 5.91 Å². The molecule has 29 heavy (non-hydrogen) atoms. The van der Waals surface area contributed by atoms with Crippen molar-refractivity contribution in [2.45, 2.75) is 19.4 Å². The molecule has 2 aromatic rings. The van der Waals surface area contributed by atoms with Crippen molar-refractivity contribution in [3.8, 4) is 11.5 Å². The van der Waals surface area contributed by atoms with Gasteiger partial charge in [-0.25, -0.2) is 4.79 Å². The van der Waals surface area contributed by atoms with Crippen molar-refractivity contribution in [3.63, 3.8) is 0 Å². The lowest BCUT2D eigenvalue weighted by Crippen LogP contribution is -2.59. The van der Waals surface area contributed by atoms with Crippen molar-refractivity contribution in [2.75, 3.05) is 31.0 Å². The monoisotopic (exact) mass is 398 g/mol. The normalized spacial score (nSPS) is 14.5. The largest absolute Gasteiger partial charge is 0.493 e. The van der Waals surface area contributed by atoms with Crippen molar-refractivity contribution < 1.29 is 28.6 Å². The molecule has 2 aromatic carbocycles. The Morgan fingerprint density at radius 2 is 1.79 bits per heavy atom. The molecular weight excluding hydrogens is 376 g/mol. The number of rotatable bonds is 5. The molecule has 8 nitrogen and oxygen atoms in total. The number of esters is 1. The Bertz CT molecular complexity index is 969. The molecule has 1 aliphatic rings. The summed E-state index contributed by atoms with van der Waals surface area (Å²) in [6.45, 7) is 3.02. The molecule has 1 aliphatic heterocycles. The molecule has 1 N–H and O–H groups in total. The Morgan fingerprint density at radius 1 is 1.07 bits per heavy atom. The zero-order chi connectivity index (χ0) is 21.2. The van der Waals surface area contributed by atoms with E-state index in [1.807, 2.05) is 0 Å². The van der Waals surface area contributed by atoms with Crippen LogP contribution < -0.4 is 19.7 Å². The number of carbonyl (C=O) groups excluding carboxylic acids is 3. The van der Waals surface area contributed by atoms with Crippen molar-refractivity contribution in [3.05, 3.63) is 48.0 Å². The van der Waals surface area contributed by atoms with E-state index in [1.54, 1.807) is 38.1 Å². The van der Waals surface area contributed by atoms with Crippen LogP contribution in [0, 0.1) is 0 Å². The van der Waals surface area contributed by atoms with Crippen molar-refractivity contribution in [1.29, 1.82) is 0 Å². The maximum Gasteiger partial charge on any atom is 0.337 e. The van der Waals surface area contributed by atoms with Gasteiger partial charge in [-0.3, -0.25) is 14.5 Å². The molecule has 1 heterocycles. The number of amides is 2. The predicted octanol–water partition coefficient (Wildman–Crippen LogP) is 2.62. The number of methoxy groups -OCH3 is 2. The second-order valence-electron chi connectivity index (χ2n) is 6.91. The molecule has 3 rings (SSSR count). The summed E-state index contributed by atoms with van der Waals surface area (Å²) in [6, 6.07) is 11.6. The standard InChI is InChI=1S/C21H22N2O6/c1-21(2)20(26)22-14-7-5-6-8-15(14)23(21)18(24)12-29-16-10-9-13(19(25)28-4)11-17(16)27-3/h5-11H,12H2,1-4H3,(H,22,26). The van der Waals surface area contributed by atoms with Crippen LogP contribution in [0.3, 0.4) is 0 Å². The van der Waals surface area contributed by atoms with Crippen LogP contribution in [0.1, 0.15) is 24.2 Å². The SMILES string of the molecule is COC(=O)c1ccc(OCC(=O)N2c3ccccc3NC(=O)C2(C)C)c(OC)c1. The van der Waals surface area contributed by atoms with Crippen LogP contribution in [0.5, 0.6) is 11.5 Å². The fraction of sp³-hybridized carbons (Fsp3) is 0.286. The van der Waals surface area contributed by atoms with Gasteiger partial charge in [0.15, 0.2) is 18.1 Å². The van der Waals surface area contributed by atoms with Gasteiger partial charge < -0.3 is 19.5 Å². The van der Waals surface area contributed by atoms with Crippen LogP contribution in [0.15, 0.2) is 42.5 Å². The van der Waals surface area contributed by atoms with Gasteiger partial charge in [-0.2, -0.15) is 0 Å². The Morgan fingerprint density at radius 3 is 2.48 bits per heavy atom. The molecule has 8 heteroatoms. The van der Waals surface area contributed by atoms with Gasteiger partial charge in [0.1, 0.15) is 5.54 Å². The van der Waals surface area contributed by atoms with Crippen molar-refractivity contribution >= 4 is 29.2 Å². The minimum atomic E-state index is -1.09. The zero-order valence-electron chi connectivity index (χ0n) is 16.6. The zero-order valence-corrected chi connectivity index (χ0v) is 16.6.